The van der Waals surface area contributed by atoms with Gasteiger partial charge in [0.25, 0.3) is 0 Å². The summed E-state index contributed by atoms with van der Waals surface area (Å²) in [6.45, 7) is 2.63. The molecule has 0 aliphatic heterocycles. The topological polar surface area (TPSA) is 43.1 Å². The van der Waals surface area contributed by atoms with E-state index in [4.69, 9.17) is 5.73 Å². The molecule has 0 aromatic rings. The summed E-state index contributed by atoms with van der Waals surface area (Å²) in [5.41, 5.74) is 5.39. The molecule has 0 amide bonds. The van der Waals surface area contributed by atoms with Crippen LogP contribution in [0.2, 0.25) is 0 Å². The van der Waals surface area contributed by atoms with E-state index in [-0.39, 0.29) is 5.92 Å². The second kappa shape index (κ2) is 4.61. The number of nitrogens with two attached hydrogens (primary N) is 1. The highest BCUT2D eigenvalue weighted by Crippen LogP contribution is 2.30. The summed E-state index contributed by atoms with van der Waals surface area (Å²) in [4.78, 5) is 11.5. The van der Waals surface area contributed by atoms with Crippen LogP contribution in [0.25, 0.3) is 0 Å². The van der Waals surface area contributed by atoms with Gasteiger partial charge in [-0.15, -0.1) is 0 Å². The number of ketones is 1. The van der Waals surface area contributed by atoms with Crippen molar-refractivity contribution >= 4 is 5.78 Å². The van der Waals surface area contributed by atoms with E-state index in [1.807, 2.05) is 6.92 Å². The van der Waals surface area contributed by atoms with Gasteiger partial charge in [0.2, 0.25) is 0 Å². The van der Waals surface area contributed by atoms with Crippen molar-refractivity contribution in [2.75, 3.05) is 6.54 Å². The highest BCUT2D eigenvalue weighted by Gasteiger charge is 2.22. The van der Waals surface area contributed by atoms with Crippen LogP contribution in [-0.4, -0.2) is 12.3 Å². The highest BCUT2D eigenvalue weighted by molar-refractivity contribution is 5.80. The monoisotopic (exact) mass is 169 g/mol. The zero-order chi connectivity index (χ0) is 8.97. The van der Waals surface area contributed by atoms with Gasteiger partial charge >= 0.3 is 0 Å². The Balaban J connectivity index is 2.16. The van der Waals surface area contributed by atoms with E-state index in [0.717, 1.165) is 12.8 Å². The van der Waals surface area contributed by atoms with Crippen molar-refractivity contribution in [3.8, 4) is 0 Å². The standard InChI is InChI=1S/C10H19NO/c1-8(5-6-11)10(12)7-9-3-2-4-9/h8-9H,2-7,11H2,1H3. The maximum Gasteiger partial charge on any atom is 0.136 e. The first-order valence-electron chi connectivity index (χ1n) is 4.96. The zero-order valence-corrected chi connectivity index (χ0v) is 7.88. The van der Waals surface area contributed by atoms with Gasteiger partial charge in [0.05, 0.1) is 0 Å². The third-order valence-electron chi connectivity index (χ3n) is 2.86. The molecule has 0 spiro atoms. The lowest BCUT2D eigenvalue weighted by Crippen LogP contribution is -2.21. The summed E-state index contributed by atoms with van der Waals surface area (Å²) in [5, 5.41) is 0. The van der Waals surface area contributed by atoms with Crippen molar-refractivity contribution in [2.24, 2.45) is 17.6 Å². The molecule has 0 heterocycles. The normalized spacial score (nSPS) is 20.2. The molecular formula is C10H19NO. The Kier molecular flexibility index (Phi) is 3.73. The number of hydrogen-bond donors (Lipinski definition) is 1. The number of Topliss-reactive ketones (excluding diaryl/α,β-unsaturated/α-hetero) is 1. The molecule has 1 unspecified atom stereocenters. The van der Waals surface area contributed by atoms with E-state index >= 15 is 0 Å². The average Bonchev–Trinajstić information content (AvgIpc) is 1.97. The Morgan fingerprint density at radius 1 is 1.58 bits per heavy atom. The Bertz CT molecular complexity index is 152. The minimum Gasteiger partial charge on any atom is -0.330 e. The number of carbonyl (C=O) groups is 1. The lowest BCUT2D eigenvalue weighted by molar-refractivity contribution is -0.124. The Morgan fingerprint density at radius 2 is 2.25 bits per heavy atom. The van der Waals surface area contributed by atoms with Gasteiger partial charge in [-0.3, -0.25) is 4.79 Å². The van der Waals surface area contributed by atoms with Crippen molar-refractivity contribution < 1.29 is 4.79 Å². The fourth-order valence-electron chi connectivity index (χ4n) is 1.59. The van der Waals surface area contributed by atoms with Gasteiger partial charge in [0.1, 0.15) is 5.78 Å². The van der Waals surface area contributed by atoms with Gasteiger partial charge in [0.15, 0.2) is 0 Å². The molecule has 1 fully saturated rings. The molecule has 1 saturated carbocycles. The predicted octanol–water partition coefficient (Wildman–Crippen LogP) is 1.73. The van der Waals surface area contributed by atoms with Crippen molar-refractivity contribution in [3.63, 3.8) is 0 Å². The van der Waals surface area contributed by atoms with E-state index in [1.54, 1.807) is 0 Å². The molecule has 2 nitrogen and oxygen atoms in total. The Labute approximate surface area is 74.5 Å². The van der Waals surface area contributed by atoms with Gasteiger partial charge in [-0.1, -0.05) is 26.2 Å². The molecular weight excluding hydrogens is 150 g/mol. The van der Waals surface area contributed by atoms with E-state index in [2.05, 4.69) is 0 Å². The third-order valence-corrected chi connectivity index (χ3v) is 2.86. The fourth-order valence-corrected chi connectivity index (χ4v) is 1.59. The first-order chi connectivity index (χ1) is 5.74. The lowest BCUT2D eigenvalue weighted by atomic mass is 9.80. The van der Waals surface area contributed by atoms with Crippen molar-refractivity contribution in [3.05, 3.63) is 0 Å². The smallest absolute Gasteiger partial charge is 0.136 e. The molecule has 0 bridgehead atoms. The molecule has 2 heteroatoms. The first-order valence-corrected chi connectivity index (χ1v) is 4.96. The molecule has 1 aliphatic rings. The molecule has 0 saturated heterocycles. The predicted molar refractivity (Wildman–Crippen MR) is 49.8 cm³/mol. The summed E-state index contributed by atoms with van der Waals surface area (Å²) in [5.74, 6) is 1.32. The summed E-state index contributed by atoms with van der Waals surface area (Å²) in [6, 6.07) is 0. The highest BCUT2D eigenvalue weighted by atomic mass is 16.1. The minimum absolute atomic E-state index is 0.190. The Hall–Kier alpha value is -0.370. The Morgan fingerprint density at radius 3 is 2.67 bits per heavy atom. The van der Waals surface area contributed by atoms with Crippen LogP contribution < -0.4 is 5.73 Å². The molecule has 12 heavy (non-hydrogen) atoms. The molecule has 1 rings (SSSR count). The number of hydrogen-bond acceptors (Lipinski definition) is 2. The first kappa shape index (κ1) is 9.72. The second-order valence-corrected chi connectivity index (χ2v) is 3.95. The third kappa shape index (κ3) is 2.59. The average molecular weight is 169 g/mol. The minimum atomic E-state index is 0.190. The van der Waals surface area contributed by atoms with Gasteiger partial charge < -0.3 is 5.73 Å². The van der Waals surface area contributed by atoms with E-state index in [9.17, 15) is 4.79 Å². The zero-order valence-electron chi connectivity index (χ0n) is 7.88. The van der Waals surface area contributed by atoms with Crippen LogP contribution >= 0.6 is 0 Å². The number of rotatable bonds is 5. The molecule has 2 N–H and O–H groups in total. The van der Waals surface area contributed by atoms with Crippen LogP contribution in [0.5, 0.6) is 0 Å². The lowest BCUT2D eigenvalue weighted by Gasteiger charge is -2.25. The van der Waals surface area contributed by atoms with Crippen LogP contribution in [0.1, 0.15) is 39.0 Å². The second-order valence-electron chi connectivity index (χ2n) is 3.95. The SMILES string of the molecule is CC(CCN)C(=O)CC1CCC1. The molecule has 70 valence electrons. The molecule has 1 aliphatic carbocycles. The maximum absolute atomic E-state index is 11.5. The van der Waals surface area contributed by atoms with Crippen molar-refractivity contribution in [1.82, 2.24) is 0 Å². The summed E-state index contributed by atoms with van der Waals surface area (Å²) in [7, 11) is 0. The number of carbonyl (C=O) groups excluding carboxylic acids is 1. The van der Waals surface area contributed by atoms with Crippen LogP contribution in [0.3, 0.4) is 0 Å². The van der Waals surface area contributed by atoms with Crippen LogP contribution in [0.4, 0.5) is 0 Å². The van der Waals surface area contributed by atoms with Crippen molar-refractivity contribution in [2.45, 2.75) is 39.0 Å². The van der Waals surface area contributed by atoms with Crippen LogP contribution in [0.15, 0.2) is 0 Å². The summed E-state index contributed by atoms with van der Waals surface area (Å²) in [6.07, 6.45) is 5.51. The maximum atomic E-state index is 11.5. The van der Waals surface area contributed by atoms with Gasteiger partial charge in [-0.25, -0.2) is 0 Å². The van der Waals surface area contributed by atoms with Gasteiger partial charge in [-0.2, -0.15) is 0 Å². The van der Waals surface area contributed by atoms with E-state index in [0.29, 0.717) is 18.2 Å². The largest absolute Gasteiger partial charge is 0.330 e. The molecule has 1 atom stereocenters. The fraction of sp³-hybridized carbons (Fsp3) is 0.900. The molecule has 0 aromatic heterocycles. The van der Waals surface area contributed by atoms with Gasteiger partial charge in [-0.05, 0) is 18.9 Å². The van der Waals surface area contributed by atoms with E-state index < -0.39 is 0 Å². The quantitative estimate of drug-likeness (QED) is 0.681. The molecule has 0 aromatic carbocycles. The summed E-state index contributed by atoms with van der Waals surface area (Å²) >= 11 is 0. The summed E-state index contributed by atoms with van der Waals surface area (Å²) < 4.78 is 0. The van der Waals surface area contributed by atoms with E-state index in [1.165, 1.54) is 19.3 Å². The van der Waals surface area contributed by atoms with Gasteiger partial charge in [0, 0.05) is 12.3 Å². The molecule has 0 radical (unpaired) electrons. The van der Waals surface area contributed by atoms with Crippen LogP contribution in [-0.2, 0) is 4.79 Å². The van der Waals surface area contributed by atoms with Crippen molar-refractivity contribution in [1.29, 1.82) is 0 Å². The van der Waals surface area contributed by atoms with Crippen LogP contribution in [0, 0.1) is 11.8 Å².